The summed E-state index contributed by atoms with van der Waals surface area (Å²) in [4.78, 5) is 12.7. The molecule has 6 heteroatoms. The van der Waals surface area contributed by atoms with Crippen molar-refractivity contribution < 1.29 is 9.53 Å². The second-order valence-corrected chi connectivity index (χ2v) is 5.51. The van der Waals surface area contributed by atoms with Gasteiger partial charge in [0, 0.05) is 11.4 Å². The van der Waals surface area contributed by atoms with E-state index in [1.807, 2.05) is 35.7 Å². The number of carbonyl (C=O) groups is 1. The molecular formula is C13H12N2O2S2. The lowest BCUT2D eigenvalue weighted by molar-refractivity contribution is -0.112. The van der Waals surface area contributed by atoms with Gasteiger partial charge < -0.3 is 10.1 Å². The number of benzene rings is 1. The van der Waals surface area contributed by atoms with E-state index in [1.165, 1.54) is 11.8 Å². The summed E-state index contributed by atoms with van der Waals surface area (Å²) < 4.78 is 5.48. The topological polar surface area (TPSA) is 62.1 Å². The zero-order valence-electron chi connectivity index (χ0n) is 10.1. The molecule has 0 aromatic heterocycles. The molecule has 2 rings (SSSR count). The molecule has 0 saturated carbocycles. The van der Waals surface area contributed by atoms with E-state index in [2.05, 4.69) is 5.32 Å². The smallest absolute Gasteiger partial charge is 0.265 e. The first kappa shape index (κ1) is 13.8. The van der Waals surface area contributed by atoms with Gasteiger partial charge in [0.15, 0.2) is 0 Å². The summed E-state index contributed by atoms with van der Waals surface area (Å²) >= 11 is 2.54. The van der Waals surface area contributed by atoms with Crippen LogP contribution in [0.3, 0.4) is 0 Å². The van der Waals surface area contributed by atoms with Crippen LogP contribution in [0.15, 0.2) is 41.0 Å². The maximum atomic E-state index is 12.2. The van der Waals surface area contributed by atoms with Gasteiger partial charge in [0.25, 0.3) is 5.91 Å². The number of thiocyanates is 1. The van der Waals surface area contributed by atoms with Crippen molar-refractivity contribution in [2.45, 2.75) is 0 Å². The number of amides is 1. The van der Waals surface area contributed by atoms with Crippen LogP contribution in [0, 0.1) is 10.7 Å². The van der Waals surface area contributed by atoms with Crippen molar-refractivity contribution >= 4 is 35.1 Å². The standard InChI is InChI=1S/C13H12N2O2S2/c14-9-18-8-11-12(19-7-6-17-11)13(16)15-10-4-2-1-3-5-10/h1-5H,6-8H2,(H,15,16). The molecule has 1 aromatic rings. The molecule has 0 bridgehead atoms. The molecule has 1 aromatic carbocycles. The fourth-order valence-electron chi connectivity index (χ4n) is 1.56. The zero-order valence-corrected chi connectivity index (χ0v) is 11.7. The minimum atomic E-state index is -0.176. The van der Waals surface area contributed by atoms with Crippen molar-refractivity contribution in [3.8, 4) is 5.40 Å². The summed E-state index contributed by atoms with van der Waals surface area (Å²) in [7, 11) is 0. The van der Waals surface area contributed by atoms with E-state index in [0.717, 1.165) is 23.2 Å². The lowest BCUT2D eigenvalue weighted by atomic mass is 10.3. The third-order valence-electron chi connectivity index (χ3n) is 2.36. The average molecular weight is 292 g/mol. The van der Waals surface area contributed by atoms with Crippen LogP contribution in [0.4, 0.5) is 5.69 Å². The Bertz CT molecular complexity index is 523. The second kappa shape index (κ2) is 7.12. The van der Waals surface area contributed by atoms with Crippen LogP contribution >= 0.6 is 23.5 Å². The third kappa shape index (κ3) is 3.94. The van der Waals surface area contributed by atoms with Gasteiger partial charge in [-0.3, -0.25) is 4.79 Å². The fourth-order valence-corrected chi connectivity index (χ4v) is 2.92. The molecule has 0 saturated heterocycles. The number of carbonyl (C=O) groups excluding carboxylic acids is 1. The molecule has 1 N–H and O–H groups in total. The number of hydrogen-bond acceptors (Lipinski definition) is 5. The first-order valence-electron chi connectivity index (χ1n) is 5.67. The number of thioether (sulfide) groups is 2. The minimum absolute atomic E-state index is 0.176. The number of para-hydroxylation sites is 1. The molecule has 0 fully saturated rings. The summed E-state index contributed by atoms with van der Waals surface area (Å²) in [6.07, 6.45) is 0. The Hall–Kier alpha value is -1.58. The molecule has 0 aliphatic carbocycles. The van der Waals surface area contributed by atoms with Gasteiger partial charge in [0.05, 0.1) is 12.4 Å². The largest absolute Gasteiger partial charge is 0.495 e. The molecule has 98 valence electrons. The highest BCUT2D eigenvalue weighted by atomic mass is 32.2. The first-order valence-corrected chi connectivity index (χ1v) is 7.64. The summed E-state index contributed by atoms with van der Waals surface area (Å²) in [6.45, 7) is 0.577. The van der Waals surface area contributed by atoms with Gasteiger partial charge in [-0.25, -0.2) is 0 Å². The van der Waals surface area contributed by atoms with Gasteiger partial charge in [0.2, 0.25) is 0 Å². The van der Waals surface area contributed by atoms with E-state index in [0.29, 0.717) is 23.0 Å². The molecule has 1 amide bonds. The van der Waals surface area contributed by atoms with E-state index in [-0.39, 0.29) is 5.91 Å². The highest BCUT2D eigenvalue weighted by Crippen LogP contribution is 2.28. The molecule has 1 heterocycles. The van der Waals surface area contributed by atoms with E-state index in [4.69, 9.17) is 10.00 Å². The maximum Gasteiger partial charge on any atom is 0.265 e. The average Bonchev–Trinajstić information content (AvgIpc) is 2.46. The lowest BCUT2D eigenvalue weighted by Crippen LogP contribution is -2.20. The van der Waals surface area contributed by atoms with Crippen molar-refractivity contribution in [1.29, 1.82) is 5.26 Å². The van der Waals surface area contributed by atoms with Crippen LogP contribution in [-0.4, -0.2) is 24.0 Å². The molecule has 4 nitrogen and oxygen atoms in total. The lowest BCUT2D eigenvalue weighted by Gasteiger charge is -2.19. The van der Waals surface area contributed by atoms with E-state index < -0.39 is 0 Å². The quantitative estimate of drug-likeness (QED) is 0.865. The summed E-state index contributed by atoms with van der Waals surface area (Å²) in [6, 6.07) is 9.28. The molecular weight excluding hydrogens is 280 g/mol. The summed E-state index contributed by atoms with van der Waals surface area (Å²) in [5.41, 5.74) is 0.749. The second-order valence-electron chi connectivity index (χ2n) is 3.65. The molecule has 0 atom stereocenters. The number of rotatable bonds is 4. The van der Waals surface area contributed by atoms with Gasteiger partial charge in [-0.15, -0.1) is 11.8 Å². The highest BCUT2D eigenvalue weighted by molar-refractivity contribution is 8.04. The number of nitrogens with one attached hydrogen (secondary N) is 1. The van der Waals surface area contributed by atoms with Gasteiger partial charge in [-0.2, -0.15) is 5.26 Å². The van der Waals surface area contributed by atoms with Crippen LogP contribution in [0.1, 0.15) is 0 Å². The van der Waals surface area contributed by atoms with Crippen molar-refractivity contribution in [2.24, 2.45) is 0 Å². The fraction of sp³-hybridized carbons (Fsp3) is 0.231. The van der Waals surface area contributed by atoms with Crippen LogP contribution in [-0.2, 0) is 9.53 Å². The number of anilines is 1. The normalized spacial score (nSPS) is 14.5. The Morgan fingerprint density at radius 3 is 3.00 bits per heavy atom. The van der Waals surface area contributed by atoms with E-state index in [9.17, 15) is 4.79 Å². The Morgan fingerprint density at radius 2 is 2.26 bits per heavy atom. The SMILES string of the molecule is N#CSCC1=C(C(=O)Nc2ccccc2)SCCO1. The van der Waals surface area contributed by atoms with Crippen molar-refractivity contribution in [3.05, 3.63) is 41.0 Å². The Labute approximate surface area is 120 Å². The highest BCUT2D eigenvalue weighted by Gasteiger charge is 2.21. The van der Waals surface area contributed by atoms with Crippen LogP contribution in [0.25, 0.3) is 0 Å². The third-order valence-corrected chi connectivity index (χ3v) is 3.97. The van der Waals surface area contributed by atoms with Gasteiger partial charge in [0.1, 0.15) is 16.1 Å². The molecule has 1 aliphatic heterocycles. The molecule has 0 spiro atoms. The first-order chi connectivity index (χ1) is 9.31. The molecule has 0 radical (unpaired) electrons. The van der Waals surface area contributed by atoms with Gasteiger partial charge in [-0.1, -0.05) is 18.2 Å². The van der Waals surface area contributed by atoms with Crippen molar-refractivity contribution in [3.63, 3.8) is 0 Å². The maximum absolute atomic E-state index is 12.2. The minimum Gasteiger partial charge on any atom is -0.495 e. The van der Waals surface area contributed by atoms with Gasteiger partial charge >= 0.3 is 0 Å². The van der Waals surface area contributed by atoms with Crippen LogP contribution in [0.5, 0.6) is 0 Å². The van der Waals surface area contributed by atoms with Crippen molar-refractivity contribution in [2.75, 3.05) is 23.4 Å². The molecule has 19 heavy (non-hydrogen) atoms. The summed E-state index contributed by atoms with van der Waals surface area (Å²) in [5, 5.41) is 13.4. The number of ether oxygens (including phenoxy) is 1. The number of nitrogens with zero attached hydrogens (tertiary/aromatic N) is 1. The monoisotopic (exact) mass is 292 g/mol. The van der Waals surface area contributed by atoms with Crippen LogP contribution in [0.2, 0.25) is 0 Å². The Morgan fingerprint density at radius 1 is 1.47 bits per heavy atom. The zero-order chi connectivity index (χ0) is 13.5. The Balaban J connectivity index is 2.11. The number of hydrogen-bond donors (Lipinski definition) is 1. The van der Waals surface area contributed by atoms with Crippen molar-refractivity contribution in [1.82, 2.24) is 0 Å². The summed E-state index contributed by atoms with van der Waals surface area (Å²) in [5.74, 6) is 1.57. The van der Waals surface area contributed by atoms with E-state index >= 15 is 0 Å². The number of nitriles is 1. The molecule has 1 aliphatic rings. The van der Waals surface area contributed by atoms with Gasteiger partial charge in [-0.05, 0) is 23.9 Å². The van der Waals surface area contributed by atoms with E-state index in [1.54, 1.807) is 0 Å². The Kier molecular flexibility index (Phi) is 5.19. The van der Waals surface area contributed by atoms with Crippen LogP contribution < -0.4 is 5.32 Å². The molecule has 0 unspecified atom stereocenters. The predicted octanol–water partition coefficient (Wildman–Crippen LogP) is 2.81. The predicted molar refractivity (Wildman–Crippen MR) is 78.6 cm³/mol.